The molecule has 13 heavy (non-hydrogen) atoms. The number of halogens is 1. The van der Waals surface area contributed by atoms with Crippen molar-refractivity contribution in [1.29, 1.82) is 0 Å². The maximum Gasteiger partial charge on any atom is 0.151 e. The second-order valence-electron chi connectivity index (χ2n) is 2.85. The van der Waals surface area contributed by atoms with Gasteiger partial charge in [0.05, 0.1) is 0 Å². The molecule has 1 rings (SSSR count). The zero-order valence-electron chi connectivity index (χ0n) is 7.70. The number of hydrogen-bond acceptors (Lipinski definition) is 4. The van der Waals surface area contributed by atoms with Crippen molar-refractivity contribution in [3.63, 3.8) is 0 Å². The van der Waals surface area contributed by atoms with Gasteiger partial charge in [0.2, 0.25) is 0 Å². The van der Waals surface area contributed by atoms with Crippen LogP contribution in [0.5, 0.6) is 0 Å². The molecule has 0 atom stereocenters. The lowest BCUT2D eigenvalue weighted by Crippen LogP contribution is -2.14. The quantitative estimate of drug-likeness (QED) is 0.720. The topological polar surface area (TPSA) is 29.0 Å². The molecule has 0 spiro atoms. The minimum atomic E-state index is 0.442. The molecule has 0 saturated heterocycles. The summed E-state index contributed by atoms with van der Waals surface area (Å²) in [4.78, 5) is 2.14. The van der Waals surface area contributed by atoms with Crippen molar-refractivity contribution < 1.29 is 0 Å². The molecule has 0 saturated carbocycles. The molecular formula is C8H12ClN3S. The van der Waals surface area contributed by atoms with Crippen LogP contribution in [0.2, 0.25) is 5.15 Å². The third-order valence-corrected chi connectivity index (χ3v) is 2.50. The van der Waals surface area contributed by atoms with Crippen LogP contribution in [-0.4, -0.2) is 41.5 Å². The highest BCUT2D eigenvalue weighted by atomic mass is 35.5. The number of thioether (sulfide) groups is 1. The van der Waals surface area contributed by atoms with E-state index in [1.54, 1.807) is 17.8 Å². The molecular weight excluding hydrogens is 206 g/mol. The van der Waals surface area contributed by atoms with E-state index in [0.29, 0.717) is 5.15 Å². The first-order valence-corrected chi connectivity index (χ1v) is 5.31. The summed E-state index contributed by atoms with van der Waals surface area (Å²) < 4.78 is 0. The molecule has 0 aromatic carbocycles. The number of rotatable bonds is 4. The van der Waals surface area contributed by atoms with Crippen LogP contribution in [0.4, 0.5) is 0 Å². The van der Waals surface area contributed by atoms with Crippen LogP contribution in [0.15, 0.2) is 17.2 Å². The lowest BCUT2D eigenvalue weighted by molar-refractivity contribution is 0.437. The zero-order valence-corrected chi connectivity index (χ0v) is 9.27. The Morgan fingerprint density at radius 2 is 2.15 bits per heavy atom. The highest BCUT2D eigenvalue weighted by Gasteiger charge is 1.97. The number of hydrogen-bond donors (Lipinski definition) is 0. The van der Waals surface area contributed by atoms with E-state index in [2.05, 4.69) is 15.1 Å². The van der Waals surface area contributed by atoms with Crippen molar-refractivity contribution in [2.45, 2.75) is 5.03 Å². The van der Waals surface area contributed by atoms with Crippen molar-refractivity contribution in [3.05, 3.63) is 17.3 Å². The average molecular weight is 218 g/mol. The summed E-state index contributed by atoms with van der Waals surface area (Å²) in [5.74, 6) is 1.02. The Morgan fingerprint density at radius 1 is 1.38 bits per heavy atom. The van der Waals surface area contributed by atoms with Crippen LogP contribution in [0, 0.1) is 0 Å². The molecule has 0 unspecified atom stereocenters. The number of nitrogens with zero attached hydrogens (tertiary/aromatic N) is 3. The SMILES string of the molecule is CN(C)CCSc1ccc(Cl)nn1. The third kappa shape index (κ3) is 4.45. The van der Waals surface area contributed by atoms with E-state index in [9.17, 15) is 0 Å². The van der Waals surface area contributed by atoms with E-state index in [4.69, 9.17) is 11.6 Å². The fourth-order valence-electron chi connectivity index (χ4n) is 0.714. The van der Waals surface area contributed by atoms with Crippen LogP contribution >= 0.6 is 23.4 Å². The fourth-order valence-corrected chi connectivity index (χ4v) is 1.74. The Hall–Kier alpha value is -0.320. The minimum Gasteiger partial charge on any atom is -0.309 e. The summed E-state index contributed by atoms with van der Waals surface area (Å²) in [6.07, 6.45) is 0. The van der Waals surface area contributed by atoms with Gasteiger partial charge >= 0.3 is 0 Å². The second kappa shape index (κ2) is 5.42. The fraction of sp³-hybridized carbons (Fsp3) is 0.500. The van der Waals surface area contributed by atoms with Gasteiger partial charge in [0, 0.05) is 12.3 Å². The van der Waals surface area contributed by atoms with Gasteiger partial charge in [-0.3, -0.25) is 0 Å². The van der Waals surface area contributed by atoms with Gasteiger partial charge in [-0.2, -0.15) is 0 Å². The highest BCUT2D eigenvalue weighted by molar-refractivity contribution is 7.99. The Morgan fingerprint density at radius 3 is 2.69 bits per heavy atom. The molecule has 0 aliphatic rings. The van der Waals surface area contributed by atoms with Gasteiger partial charge in [-0.25, -0.2) is 0 Å². The summed E-state index contributed by atoms with van der Waals surface area (Å²) in [5.41, 5.74) is 0. The molecule has 3 nitrogen and oxygen atoms in total. The Bertz CT molecular complexity index is 250. The average Bonchev–Trinajstić information content (AvgIpc) is 2.08. The summed E-state index contributed by atoms with van der Waals surface area (Å²) in [5, 5.41) is 9.06. The molecule has 0 aliphatic heterocycles. The van der Waals surface area contributed by atoms with Crippen molar-refractivity contribution in [2.75, 3.05) is 26.4 Å². The predicted molar refractivity (Wildman–Crippen MR) is 56.3 cm³/mol. The number of aromatic nitrogens is 2. The second-order valence-corrected chi connectivity index (χ2v) is 4.35. The first-order valence-electron chi connectivity index (χ1n) is 3.95. The lowest BCUT2D eigenvalue weighted by Gasteiger charge is -2.07. The predicted octanol–water partition coefficient (Wildman–Crippen LogP) is 1.78. The maximum atomic E-state index is 5.61. The van der Waals surface area contributed by atoms with Gasteiger partial charge in [0.25, 0.3) is 0 Å². The van der Waals surface area contributed by atoms with Crippen molar-refractivity contribution in [2.24, 2.45) is 0 Å². The summed E-state index contributed by atoms with van der Waals surface area (Å²) in [6.45, 7) is 1.04. The Kier molecular flexibility index (Phi) is 4.48. The standard InChI is InChI=1S/C8H12ClN3S/c1-12(2)5-6-13-8-4-3-7(9)10-11-8/h3-4H,5-6H2,1-2H3. The van der Waals surface area contributed by atoms with E-state index in [-0.39, 0.29) is 0 Å². The van der Waals surface area contributed by atoms with Gasteiger partial charge in [0.15, 0.2) is 5.15 Å². The van der Waals surface area contributed by atoms with E-state index in [1.165, 1.54) is 0 Å². The summed E-state index contributed by atoms with van der Waals surface area (Å²) in [6, 6.07) is 3.64. The molecule has 0 bridgehead atoms. The van der Waals surface area contributed by atoms with Crippen molar-refractivity contribution in [3.8, 4) is 0 Å². The van der Waals surface area contributed by atoms with E-state index in [1.807, 2.05) is 20.2 Å². The molecule has 0 amide bonds. The highest BCUT2D eigenvalue weighted by Crippen LogP contribution is 2.14. The van der Waals surface area contributed by atoms with Gasteiger partial charge in [-0.15, -0.1) is 22.0 Å². The first kappa shape index (κ1) is 10.8. The first-order chi connectivity index (χ1) is 6.18. The zero-order chi connectivity index (χ0) is 9.68. The smallest absolute Gasteiger partial charge is 0.151 e. The molecule has 5 heteroatoms. The third-order valence-electron chi connectivity index (χ3n) is 1.40. The van der Waals surface area contributed by atoms with E-state index < -0.39 is 0 Å². The molecule has 1 aromatic heterocycles. The largest absolute Gasteiger partial charge is 0.309 e. The van der Waals surface area contributed by atoms with Gasteiger partial charge in [0.1, 0.15) is 5.03 Å². The van der Waals surface area contributed by atoms with Gasteiger partial charge < -0.3 is 4.90 Å². The van der Waals surface area contributed by atoms with Crippen molar-refractivity contribution >= 4 is 23.4 Å². The normalized spacial score (nSPS) is 10.8. The summed E-state index contributed by atoms with van der Waals surface area (Å²) in [7, 11) is 4.10. The maximum absolute atomic E-state index is 5.61. The molecule has 0 fully saturated rings. The molecule has 1 aromatic rings. The van der Waals surface area contributed by atoms with E-state index in [0.717, 1.165) is 17.3 Å². The molecule has 72 valence electrons. The van der Waals surface area contributed by atoms with Crippen molar-refractivity contribution in [1.82, 2.24) is 15.1 Å². The van der Waals surface area contributed by atoms with Crippen LogP contribution in [0.3, 0.4) is 0 Å². The minimum absolute atomic E-state index is 0.442. The summed E-state index contributed by atoms with van der Waals surface area (Å²) >= 11 is 7.29. The molecule has 0 radical (unpaired) electrons. The monoisotopic (exact) mass is 217 g/mol. The lowest BCUT2D eigenvalue weighted by atomic mass is 10.6. The molecule has 0 aliphatic carbocycles. The van der Waals surface area contributed by atoms with Gasteiger partial charge in [-0.1, -0.05) is 11.6 Å². The Labute approximate surface area is 87.5 Å². The van der Waals surface area contributed by atoms with E-state index >= 15 is 0 Å². The molecule has 1 heterocycles. The van der Waals surface area contributed by atoms with Crippen LogP contribution in [0.1, 0.15) is 0 Å². The Balaban J connectivity index is 2.33. The van der Waals surface area contributed by atoms with Gasteiger partial charge in [-0.05, 0) is 26.2 Å². The van der Waals surface area contributed by atoms with Crippen LogP contribution in [0.25, 0.3) is 0 Å². The van der Waals surface area contributed by atoms with Crippen LogP contribution < -0.4 is 0 Å². The molecule has 0 N–H and O–H groups in total. The van der Waals surface area contributed by atoms with Crippen LogP contribution in [-0.2, 0) is 0 Å².